The lowest BCUT2D eigenvalue weighted by Crippen LogP contribution is -2.08. The van der Waals surface area contributed by atoms with Crippen LogP contribution in [0.15, 0.2) is 21.9 Å². The Balaban J connectivity index is 3.74. The number of hydrogen-bond donors (Lipinski definition) is 3. The second-order valence-electron chi connectivity index (χ2n) is 3.31. The molecule has 0 saturated carbocycles. The summed E-state index contributed by atoms with van der Waals surface area (Å²) in [6, 6.07) is 1.55. The Kier molecular flexibility index (Phi) is 3.60. The van der Waals surface area contributed by atoms with Gasteiger partial charge in [0.2, 0.25) is 0 Å². The summed E-state index contributed by atoms with van der Waals surface area (Å²) < 4.78 is 61.5. The van der Waals surface area contributed by atoms with E-state index in [1.165, 1.54) is 6.92 Å². The van der Waals surface area contributed by atoms with Crippen LogP contribution >= 0.6 is 0 Å². The van der Waals surface area contributed by atoms with Crippen molar-refractivity contribution >= 4 is 20.2 Å². The quantitative estimate of drug-likeness (QED) is 0.664. The molecule has 0 spiro atoms. The number of hydrogen-bond acceptors (Lipinski definition) is 5. The summed E-state index contributed by atoms with van der Waals surface area (Å²) in [6.45, 7) is 0.667. The molecule has 1 aromatic carbocycles. The van der Waals surface area contributed by atoms with Crippen LogP contribution in [0.5, 0.6) is 0 Å². The molecule has 7 nitrogen and oxygen atoms in total. The third-order valence-electron chi connectivity index (χ3n) is 2.19. The van der Waals surface area contributed by atoms with Crippen LogP contribution in [0.1, 0.15) is 11.1 Å². The zero-order chi connectivity index (χ0) is 13.4. The molecule has 0 amide bonds. The molecule has 0 aromatic heterocycles. The molecule has 0 atom stereocenters. The molecule has 0 heterocycles. The number of aliphatic hydroxyl groups excluding tert-OH is 1. The van der Waals surface area contributed by atoms with Crippen LogP contribution in [0.4, 0.5) is 0 Å². The van der Waals surface area contributed by atoms with E-state index in [-0.39, 0.29) is 11.1 Å². The predicted octanol–water partition coefficient (Wildman–Crippen LogP) is -0.0193. The minimum Gasteiger partial charge on any atom is -0.392 e. The zero-order valence-electron chi connectivity index (χ0n) is 8.65. The van der Waals surface area contributed by atoms with Crippen molar-refractivity contribution in [3.8, 4) is 0 Å². The van der Waals surface area contributed by atoms with Gasteiger partial charge in [-0.2, -0.15) is 16.8 Å². The number of benzene rings is 1. The van der Waals surface area contributed by atoms with Gasteiger partial charge in [-0.1, -0.05) is 0 Å². The molecule has 1 rings (SSSR count). The van der Waals surface area contributed by atoms with Crippen LogP contribution in [0, 0.1) is 6.92 Å². The van der Waals surface area contributed by atoms with Gasteiger partial charge in [-0.05, 0) is 30.2 Å². The molecule has 96 valence electrons. The van der Waals surface area contributed by atoms with E-state index in [1.807, 2.05) is 0 Å². The summed E-state index contributed by atoms with van der Waals surface area (Å²) in [6.07, 6.45) is 0. The van der Waals surface area contributed by atoms with Gasteiger partial charge in [0.05, 0.1) is 16.4 Å². The Labute approximate surface area is 98.2 Å². The molecule has 0 aliphatic heterocycles. The van der Waals surface area contributed by atoms with E-state index in [9.17, 15) is 16.8 Å². The highest BCUT2D eigenvalue weighted by atomic mass is 32.2. The van der Waals surface area contributed by atoms with Crippen molar-refractivity contribution in [2.24, 2.45) is 0 Å². The molecule has 0 radical (unpaired) electrons. The van der Waals surface area contributed by atoms with Crippen LogP contribution < -0.4 is 0 Å². The third kappa shape index (κ3) is 3.01. The topological polar surface area (TPSA) is 129 Å². The van der Waals surface area contributed by atoms with Gasteiger partial charge >= 0.3 is 0 Å². The van der Waals surface area contributed by atoms with E-state index < -0.39 is 36.6 Å². The maximum absolute atomic E-state index is 11.0. The van der Waals surface area contributed by atoms with Crippen LogP contribution in [-0.2, 0) is 26.8 Å². The van der Waals surface area contributed by atoms with Gasteiger partial charge in [0.1, 0.15) is 0 Å². The van der Waals surface area contributed by atoms with E-state index in [0.29, 0.717) is 6.07 Å². The Hall–Kier alpha value is -1.00. The fraction of sp³-hybridized carbons (Fsp3) is 0.250. The summed E-state index contributed by atoms with van der Waals surface area (Å²) >= 11 is 0. The minimum atomic E-state index is -4.64. The predicted molar refractivity (Wildman–Crippen MR) is 56.7 cm³/mol. The van der Waals surface area contributed by atoms with Crippen molar-refractivity contribution in [3.63, 3.8) is 0 Å². The van der Waals surface area contributed by atoms with E-state index >= 15 is 0 Å². The van der Waals surface area contributed by atoms with E-state index in [4.69, 9.17) is 14.2 Å². The molecule has 0 aliphatic rings. The normalized spacial score (nSPS) is 12.7. The lowest BCUT2D eigenvalue weighted by Gasteiger charge is -2.09. The second-order valence-corrected chi connectivity index (χ2v) is 6.13. The Bertz CT molecular complexity index is 643. The Morgan fingerprint density at radius 1 is 1.06 bits per heavy atom. The molecule has 0 unspecified atom stereocenters. The van der Waals surface area contributed by atoms with Gasteiger partial charge in [-0.15, -0.1) is 0 Å². The Morgan fingerprint density at radius 2 is 1.59 bits per heavy atom. The first-order valence-corrected chi connectivity index (χ1v) is 7.14. The van der Waals surface area contributed by atoms with E-state index in [0.717, 1.165) is 6.07 Å². The van der Waals surface area contributed by atoms with E-state index in [1.54, 1.807) is 0 Å². The molecule has 0 fully saturated rings. The first-order chi connectivity index (χ1) is 7.57. The first-order valence-electron chi connectivity index (χ1n) is 4.26. The second kappa shape index (κ2) is 4.35. The molecule has 0 bridgehead atoms. The van der Waals surface area contributed by atoms with E-state index in [2.05, 4.69) is 0 Å². The van der Waals surface area contributed by atoms with Gasteiger partial charge < -0.3 is 5.11 Å². The summed E-state index contributed by atoms with van der Waals surface area (Å²) in [5, 5.41) is 8.95. The average Bonchev–Trinajstić information content (AvgIpc) is 2.14. The SMILES string of the molecule is Cc1c(CO)cc(S(=O)(=O)O)cc1S(=O)(=O)O. The molecule has 9 heteroatoms. The van der Waals surface area contributed by atoms with Crippen molar-refractivity contribution in [3.05, 3.63) is 23.3 Å². The standard InChI is InChI=1S/C8H10O7S2/c1-5-6(4-9)2-7(16(10,11)12)3-8(5)17(13,14)15/h2-3,9H,4H2,1H3,(H,10,11,12)(H,13,14,15). The molecular weight excluding hydrogens is 272 g/mol. The Morgan fingerprint density at radius 3 is 1.94 bits per heavy atom. The maximum atomic E-state index is 11.0. The summed E-state index contributed by atoms with van der Waals surface area (Å²) in [5.74, 6) is 0. The van der Waals surface area contributed by atoms with Crippen molar-refractivity contribution in [1.29, 1.82) is 0 Å². The van der Waals surface area contributed by atoms with Gasteiger partial charge in [-0.3, -0.25) is 9.11 Å². The highest BCUT2D eigenvalue weighted by molar-refractivity contribution is 7.86. The summed E-state index contributed by atoms with van der Waals surface area (Å²) in [7, 11) is -9.26. The molecular formula is C8H10O7S2. The van der Waals surface area contributed by atoms with Crippen molar-refractivity contribution in [1.82, 2.24) is 0 Å². The van der Waals surface area contributed by atoms with Crippen molar-refractivity contribution < 1.29 is 31.0 Å². The summed E-state index contributed by atoms with van der Waals surface area (Å²) in [5.41, 5.74) is -0.00449. The molecule has 3 N–H and O–H groups in total. The average molecular weight is 282 g/mol. The van der Waals surface area contributed by atoms with Gasteiger partial charge in [0, 0.05) is 0 Å². The molecule has 1 aromatic rings. The zero-order valence-corrected chi connectivity index (χ0v) is 10.3. The molecule has 0 saturated heterocycles. The molecule has 17 heavy (non-hydrogen) atoms. The number of rotatable bonds is 3. The van der Waals surface area contributed by atoms with Crippen LogP contribution in [0.3, 0.4) is 0 Å². The maximum Gasteiger partial charge on any atom is 0.294 e. The van der Waals surface area contributed by atoms with Gasteiger partial charge in [0.15, 0.2) is 0 Å². The summed E-state index contributed by atoms with van der Waals surface area (Å²) in [4.78, 5) is -1.38. The largest absolute Gasteiger partial charge is 0.392 e. The fourth-order valence-electron chi connectivity index (χ4n) is 1.30. The van der Waals surface area contributed by atoms with Crippen molar-refractivity contribution in [2.45, 2.75) is 23.3 Å². The van der Waals surface area contributed by atoms with Crippen LogP contribution in [-0.4, -0.2) is 31.0 Å². The smallest absolute Gasteiger partial charge is 0.294 e. The molecule has 0 aliphatic carbocycles. The lowest BCUT2D eigenvalue weighted by molar-refractivity contribution is 0.280. The van der Waals surface area contributed by atoms with Crippen LogP contribution in [0.25, 0.3) is 0 Å². The monoisotopic (exact) mass is 282 g/mol. The van der Waals surface area contributed by atoms with Crippen LogP contribution in [0.2, 0.25) is 0 Å². The lowest BCUT2D eigenvalue weighted by atomic mass is 10.1. The first kappa shape index (κ1) is 14.1. The van der Waals surface area contributed by atoms with Gasteiger partial charge in [-0.25, -0.2) is 0 Å². The highest BCUT2D eigenvalue weighted by Gasteiger charge is 2.21. The fourth-order valence-corrected chi connectivity index (χ4v) is 2.72. The third-order valence-corrected chi connectivity index (χ3v) is 4.00. The highest BCUT2D eigenvalue weighted by Crippen LogP contribution is 2.24. The van der Waals surface area contributed by atoms with Crippen molar-refractivity contribution in [2.75, 3.05) is 0 Å². The minimum absolute atomic E-state index is 0.0161. The number of aliphatic hydroxyl groups is 1. The van der Waals surface area contributed by atoms with Gasteiger partial charge in [0.25, 0.3) is 20.2 Å².